The number of nitrogens with one attached hydrogen (secondary N) is 1. The normalized spacial score (nSPS) is 12.8. The minimum absolute atomic E-state index is 0.309. The molecule has 1 atom stereocenters. The van der Waals surface area contributed by atoms with Crippen molar-refractivity contribution in [1.29, 1.82) is 0 Å². The fourth-order valence-electron chi connectivity index (χ4n) is 1.42. The molecule has 0 aliphatic rings. The molecule has 4 heteroatoms. The molecule has 2 nitrogen and oxygen atoms in total. The Kier molecular flexibility index (Phi) is 5.35. The van der Waals surface area contributed by atoms with Crippen molar-refractivity contribution in [1.82, 2.24) is 5.32 Å². The van der Waals surface area contributed by atoms with Crippen LogP contribution in [0.25, 0.3) is 0 Å². The zero-order valence-corrected chi connectivity index (χ0v) is 9.34. The molecule has 1 unspecified atom stereocenters. The average Bonchev–Trinajstić information content (AvgIpc) is 2.22. The van der Waals surface area contributed by atoms with Crippen LogP contribution in [0.5, 0.6) is 0 Å². The Hall–Kier alpha value is -1.00. The lowest BCUT2D eigenvalue weighted by molar-refractivity contribution is 0.181. The van der Waals surface area contributed by atoms with Crippen molar-refractivity contribution < 1.29 is 13.9 Å². The molecule has 0 bridgehead atoms. The molecule has 0 aliphatic carbocycles. The van der Waals surface area contributed by atoms with Gasteiger partial charge >= 0.3 is 0 Å². The Labute approximate surface area is 94.3 Å². The molecule has 0 spiro atoms. The fraction of sp³-hybridized carbons (Fsp3) is 0.500. The molecule has 1 aromatic rings. The van der Waals surface area contributed by atoms with Gasteiger partial charge in [-0.1, -0.05) is 0 Å². The Morgan fingerprint density at radius 2 is 2.12 bits per heavy atom. The van der Waals surface area contributed by atoms with E-state index in [1.165, 1.54) is 6.07 Å². The molecule has 0 amide bonds. The molecule has 0 aliphatic heterocycles. The average molecular weight is 229 g/mol. The molecule has 16 heavy (non-hydrogen) atoms. The Morgan fingerprint density at radius 1 is 1.38 bits per heavy atom. The highest BCUT2D eigenvalue weighted by Crippen LogP contribution is 2.09. The lowest BCUT2D eigenvalue weighted by atomic mass is 10.2. The summed E-state index contributed by atoms with van der Waals surface area (Å²) in [7, 11) is 0. The smallest absolute Gasteiger partial charge is 0.127 e. The summed E-state index contributed by atoms with van der Waals surface area (Å²) >= 11 is 0. The Morgan fingerprint density at radius 3 is 2.81 bits per heavy atom. The third kappa shape index (κ3) is 4.68. The van der Waals surface area contributed by atoms with E-state index in [0.29, 0.717) is 25.1 Å². The number of rotatable bonds is 6. The topological polar surface area (TPSA) is 32.3 Å². The van der Waals surface area contributed by atoms with Crippen LogP contribution in [0.2, 0.25) is 0 Å². The number of hydrogen-bond donors (Lipinski definition) is 2. The van der Waals surface area contributed by atoms with Gasteiger partial charge in [-0.2, -0.15) is 0 Å². The summed E-state index contributed by atoms with van der Waals surface area (Å²) in [5.74, 6) is -0.827. The molecule has 2 N–H and O–H groups in total. The first-order valence-electron chi connectivity index (χ1n) is 5.42. The predicted molar refractivity (Wildman–Crippen MR) is 59.0 cm³/mol. The van der Waals surface area contributed by atoms with Crippen LogP contribution in [-0.4, -0.2) is 17.8 Å². The summed E-state index contributed by atoms with van der Waals surface area (Å²) in [4.78, 5) is 0. The van der Waals surface area contributed by atoms with Crippen LogP contribution in [0.4, 0.5) is 8.78 Å². The monoisotopic (exact) mass is 229 g/mol. The highest BCUT2D eigenvalue weighted by molar-refractivity contribution is 5.18. The maximum atomic E-state index is 13.2. The standard InChI is InChI=1S/C12H17F2NO/c1-9(16)3-2-6-15-8-10-7-11(13)4-5-12(10)14/h4-5,7,9,15-16H,2-3,6,8H2,1H3. The Balaban J connectivity index is 2.29. The lowest BCUT2D eigenvalue weighted by Gasteiger charge is -2.07. The van der Waals surface area contributed by atoms with Crippen LogP contribution in [0.15, 0.2) is 18.2 Å². The van der Waals surface area contributed by atoms with E-state index in [2.05, 4.69) is 5.32 Å². The van der Waals surface area contributed by atoms with Gasteiger partial charge in [-0.15, -0.1) is 0 Å². The highest BCUT2D eigenvalue weighted by Gasteiger charge is 2.03. The van der Waals surface area contributed by atoms with Crippen LogP contribution in [0.1, 0.15) is 25.3 Å². The van der Waals surface area contributed by atoms with E-state index in [-0.39, 0.29) is 6.10 Å². The van der Waals surface area contributed by atoms with E-state index in [0.717, 1.165) is 18.6 Å². The minimum atomic E-state index is -0.429. The zero-order valence-electron chi connectivity index (χ0n) is 9.34. The molecule has 0 fully saturated rings. The molecular weight excluding hydrogens is 212 g/mol. The van der Waals surface area contributed by atoms with Crippen LogP contribution >= 0.6 is 0 Å². The third-order valence-corrected chi connectivity index (χ3v) is 2.30. The van der Waals surface area contributed by atoms with Gasteiger partial charge in [-0.05, 0) is 44.5 Å². The van der Waals surface area contributed by atoms with Crippen molar-refractivity contribution in [3.05, 3.63) is 35.4 Å². The van der Waals surface area contributed by atoms with Crippen LogP contribution in [-0.2, 0) is 6.54 Å². The largest absolute Gasteiger partial charge is 0.393 e. The summed E-state index contributed by atoms with van der Waals surface area (Å²) in [6.07, 6.45) is 1.21. The number of aliphatic hydroxyl groups excluding tert-OH is 1. The molecule has 1 rings (SSSR count). The summed E-state index contributed by atoms with van der Waals surface area (Å²) in [6.45, 7) is 2.72. The second-order valence-electron chi connectivity index (χ2n) is 3.90. The first-order valence-corrected chi connectivity index (χ1v) is 5.42. The van der Waals surface area contributed by atoms with Crippen LogP contribution in [0, 0.1) is 11.6 Å². The number of aliphatic hydroxyl groups is 1. The second-order valence-corrected chi connectivity index (χ2v) is 3.90. The zero-order chi connectivity index (χ0) is 12.0. The van der Waals surface area contributed by atoms with Gasteiger partial charge in [-0.25, -0.2) is 8.78 Å². The molecule has 0 radical (unpaired) electrons. The number of halogens is 2. The molecule has 0 saturated carbocycles. The molecule has 0 heterocycles. The quantitative estimate of drug-likeness (QED) is 0.733. The van der Waals surface area contributed by atoms with Crippen molar-refractivity contribution in [3.8, 4) is 0 Å². The summed E-state index contributed by atoms with van der Waals surface area (Å²) in [5, 5.41) is 12.0. The molecule has 0 saturated heterocycles. The predicted octanol–water partition coefficient (Wildman–Crippen LogP) is 2.22. The van der Waals surface area contributed by atoms with E-state index in [1.54, 1.807) is 6.92 Å². The van der Waals surface area contributed by atoms with Gasteiger partial charge < -0.3 is 10.4 Å². The van der Waals surface area contributed by atoms with Gasteiger partial charge in [0.1, 0.15) is 11.6 Å². The van der Waals surface area contributed by atoms with Crippen molar-refractivity contribution in [2.75, 3.05) is 6.54 Å². The molecule has 0 aromatic heterocycles. The lowest BCUT2D eigenvalue weighted by Crippen LogP contribution is -2.17. The van der Waals surface area contributed by atoms with Crippen LogP contribution in [0.3, 0.4) is 0 Å². The van der Waals surface area contributed by atoms with E-state index < -0.39 is 11.6 Å². The highest BCUT2D eigenvalue weighted by atomic mass is 19.1. The van der Waals surface area contributed by atoms with E-state index in [1.807, 2.05) is 0 Å². The van der Waals surface area contributed by atoms with E-state index >= 15 is 0 Å². The molecule has 90 valence electrons. The van der Waals surface area contributed by atoms with E-state index in [4.69, 9.17) is 5.11 Å². The minimum Gasteiger partial charge on any atom is -0.393 e. The molecule has 1 aromatic carbocycles. The SMILES string of the molecule is CC(O)CCCNCc1cc(F)ccc1F. The van der Waals surface area contributed by atoms with Gasteiger partial charge in [0.15, 0.2) is 0 Å². The number of benzene rings is 1. The number of hydrogen-bond acceptors (Lipinski definition) is 2. The summed E-state index contributed by atoms with van der Waals surface area (Å²) < 4.78 is 26.0. The maximum Gasteiger partial charge on any atom is 0.127 e. The van der Waals surface area contributed by atoms with Gasteiger partial charge in [0.2, 0.25) is 0 Å². The van der Waals surface area contributed by atoms with Crippen molar-refractivity contribution in [2.24, 2.45) is 0 Å². The second kappa shape index (κ2) is 6.55. The van der Waals surface area contributed by atoms with Crippen molar-refractivity contribution in [2.45, 2.75) is 32.4 Å². The summed E-state index contributed by atoms with van der Waals surface area (Å²) in [5.41, 5.74) is 0.331. The van der Waals surface area contributed by atoms with Crippen molar-refractivity contribution in [3.63, 3.8) is 0 Å². The Bertz CT molecular complexity index is 329. The molecular formula is C12H17F2NO. The van der Waals surface area contributed by atoms with Crippen LogP contribution < -0.4 is 5.32 Å². The van der Waals surface area contributed by atoms with Gasteiger partial charge in [0.25, 0.3) is 0 Å². The fourth-order valence-corrected chi connectivity index (χ4v) is 1.42. The van der Waals surface area contributed by atoms with Crippen molar-refractivity contribution >= 4 is 0 Å². The first-order chi connectivity index (χ1) is 7.59. The van der Waals surface area contributed by atoms with Gasteiger partial charge in [0.05, 0.1) is 6.10 Å². The summed E-state index contributed by atoms with van der Waals surface area (Å²) in [6, 6.07) is 3.42. The van der Waals surface area contributed by atoms with E-state index in [9.17, 15) is 8.78 Å². The van der Waals surface area contributed by atoms with Gasteiger partial charge in [0, 0.05) is 12.1 Å². The maximum absolute atomic E-state index is 13.2. The third-order valence-electron chi connectivity index (χ3n) is 2.30. The first kappa shape index (κ1) is 13.1. The van der Waals surface area contributed by atoms with Gasteiger partial charge in [-0.3, -0.25) is 0 Å².